The monoisotopic (exact) mass is 642 g/mol. The molecule has 0 saturated heterocycles. The fourth-order valence-electron chi connectivity index (χ4n) is 4.39. The predicted octanol–water partition coefficient (Wildman–Crippen LogP) is 7.61. The van der Waals surface area contributed by atoms with Crippen molar-refractivity contribution in [1.82, 2.24) is 9.55 Å². The number of furan rings is 1. The average Bonchev–Trinajstić information content (AvgIpc) is 3.41. The zero-order valence-corrected chi connectivity index (χ0v) is 23.0. The van der Waals surface area contributed by atoms with Gasteiger partial charge in [-0.05, 0) is 70.6 Å². The molecule has 6 nitrogen and oxygen atoms in total. The summed E-state index contributed by atoms with van der Waals surface area (Å²) in [5.41, 5.74) is 3.03. The van der Waals surface area contributed by atoms with Gasteiger partial charge in [0.1, 0.15) is 22.8 Å². The second kappa shape index (κ2) is 10.9. The van der Waals surface area contributed by atoms with E-state index in [1.165, 1.54) is 28.8 Å². The fourth-order valence-corrected chi connectivity index (χ4v) is 5.08. The first-order valence-corrected chi connectivity index (χ1v) is 13.5. The van der Waals surface area contributed by atoms with Gasteiger partial charge in [-0.25, -0.2) is 4.39 Å². The molecule has 40 heavy (non-hydrogen) atoms. The molecular weight excluding hydrogens is 622 g/mol. The summed E-state index contributed by atoms with van der Waals surface area (Å²) in [7, 11) is 0. The standard InChI is InChI=1S/C32H20FIN2O4/c33-22-8-10-23(11-9-22)36-17-15-25(34)30(32(36)38)27(37)18-20-6-12-24(13-7-20)39-28-14-16-35-26-19-29(40-31(26)28)21-4-2-1-3-5-21/h1-17,19H,18H2. The van der Waals surface area contributed by atoms with Crippen molar-refractivity contribution in [2.24, 2.45) is 0 Å². The predicted molar refractivity (Wildman–Crippen MR) is 159 cm³/mol. The van der Waals surface area contributed by atoms with Gasteiger partial charge in [-0.1, -0.05) is 42.5 Å². The Morgan fingerprint density at radius 1 is 0.950 bits per heavy atom. The fraction of sp³-hybridized carbons (Fsp3) is 0.0312. The van der Waals surface area contributed by atoms with Gasteiger partial charge in [0, 0.05) is 45.8 Å². The lowest BCUT2D eigenvalue weighted by Gasteiger charge is -2.10. The van der Waals surface area contributed by atoms with Gasteiger partial charge in [0.25, 0.3) is 5.56 Å². The molecule has 6 rings (SSSR count). The number of halogens is 2. The second-order valence-electron chi connectivity index (χ2n) is 9.04. The zero-order valence-electron chi connectivity index (χ0n) is 20.9. The molecule has 0 unspecified atom stereocenters. The maximum absolute atomic E-state index is 13.3. The molecule has 0 atom stereocenters. The van der Waals surface area contributed by atoms with E-state index >= 15 is 0 Å². The van der Waals surface area contributed by atoms with Crippen LogP contribution >= 0.6 is 22.6 Å². The third-order valence-electron chi connectivity index (χ3n) is 6.38. The summed E-state index contributed by atoms with van der Waals surface area (Å²) in [4.78, 5) is 30.8. The Kier molecular flexibility index (Phi) is 7.00. The average molecular weight is 642 g/mol. The Morgan fingerprint density at radius 3 is 2.45 bits per heavy atom. The molecule has 0 fully saturated rings. The van der Waals surface area contributed by atoms with Crippen molar-refractivity contribution in [3.8, 4) is 28.5 Å². The first kappa shape index (κ1) is 25.7. The lowest BCUT2D eigenvalue weighted by Crippen LogP contribution is -2.27. The van der Waals surface area contributed by atoms with E-state index in [0.29, 0.717) is 37.6 Å². The number of carbonyl (C=O) groups is 1. The number of fused-ring (bicyclic) bond motifs is 1. The van der Waals surface area contributed by atoms with Gasteiger partial charge >= 0.3 is 0 Å². The molecule has 0 bridgehead atoms. The molecule has 0 aliphatic carbocycles. The van der Waals surface area contributed by atoms with Crippen molar-refractivity contribution in [3.05, 3.63) is 140 Å². The minimum atomic E-state index is -0.446. The van der Waals surface area contributed by atoms with Crippen LogP contribution in [0, 0.1) is 9.39 Å². The normalized spacial score (nSPS) is 11.1. The smallest absolute Gasteiger partial charge is 0.267 e. The van der Waals surface area contributed by atoms with E-state index in [1.54, 1.807) is 48.8 Å². The SMILES string of the molecule is O=C(Cc1ccc(Oc2ccnc3cc(-c4ccccc4)oc23)cc1)c1c(I)ccn(-c2ccc(F)cc2)c1=O. The number of hydrogen-bond donors (Lipinski definition) is 0. The number of nitrogens with zero attached hydrogens (tertiary/aromatic N) is 2. The molecule has 0 amide bonds. The van der Waals surface area contributed by atoms with Gasteiger partial charge in [0.05, 0.1) is 5.56 Å². The summed E-state index contributed by atoms with van der Waals surface area (Å²) in [6, 6.07) is 27.7. The summed E-state index contributed by atoms with van der Waals surface area (Å²) in [5.74, 6) is 1.08. The van der Waals surface area contributed by atoms with Crippen LogP contribution in [0.15, 0.2) is 119 Å². The molecule has 0 spiro atoms. The third kappa shape index (κ3) is 5.17. The van der Waals surface area contributed by atoms with Gasteiger partial charge in [0.15, 0.2) is 17.1 Å². The number of rotatable bonds is 7. The molecule has 0 radical (unpaired) electrons. The highest BCUT2D eigenvalue weighted by molar-refractivity contribution is 14.1. The van der Waals surface area contributed by atoms with Crippen LogP contribution in [0.25, 0.3) is 28.1 Å². The van der Waals surface area contributed by atoms with E-state index in [4.69, 9.17) is 9.15 Å². The van der Waals surface area contributed by atoms with Crippen LogP contribution in [0.4, 0.5) is 4.39 Å². The van der Waals surface area contributed by atoms with Crippen molar-refractivity contribution in [2.45, 2.75) is 6.42 Å². The quantitative estimate of drug-likeness (QED) is 0.132. The number of hydrogen-bond acceptors (Lipinski definition) is 5. The van der Waals surface area contributed by atoms with E-state index in [-0.39, 0.29) is 17.8 Å². The van der Waals surface area contributed by atoms with Gasteiger partial charge in [0.2, 0.25) is 0 Å². The molecule has 0 aliphatic rings. The Hall–Kier alpha value is -4.57. The molecule has 6 aromatic rings. The van der Waals surface area contributed by atoms with Gasteiger partial charge in [-0.3, -0.25) is 19.1 Å². The van der Waals surface area contributed by atoms with Gasteiger partial charge in [-0.2, -0.15) is 0 Å². The van der Waals surface area contributed by atoms with Crippen molar-refractivity contribution in [1.29, 1.82) is 0 Å². The second-order valence-corrected chi connectivity index (χ2v) is 10.2. The van der Waals surface area contributed by atoms with Gasteiger partial charge < -0.3 is 9.15 Å². The number of pyridine rings is 2. The van der Waals surface area contributed by atoms with Crippen molar-refractivity contribution >= 4 is 39.5 Å². The molecule has 3 heterocycles. The largest absolute Gasteiger partial charge is 0.453 e. The molecule has 3 aromatic heterocycles. The number of ketones is 1. The number of aromatic nitrogens is 2. The first-order chi connectivity index (χ1) is 19.5. The Bertz CT molecular complexity index is 1900. The Labute approximate surface area is 241 Å². The van der Waals surface area contributed by atoms with E-state index in [0.717, 1.165) is 11.1 Å². The molecular formula is C32H20FIN2O4. The molecule has 0 saturated carbocycles. The zero-order chi connectivity index (χ0) is 27.6. The molecule has 0 aliphatic heterocycles. The number of carbonyl (C=O) groups excluding carboxylic acids is 1. The lowest BCUT2D eigenvalue weighted by molar-refractivity contribution is 0.0990. The van der Waals surface area contributed by atoms with Crippen LogP contribution in [0.2, 0.25) is 0 Å². The van der Waals surface area contributed by atoms with E-state index in [9.17, 15) is 14.0 Å². The van der Waals surface area contributed by atoms with Crippen LogP contribution in [0.3, 0.4) is 0 Å². The molecule has 3 aromatic carbocycles. The van der Waals surface area contributed by atoms with E-state index < -0.39 is 11.4 Å². The van der Waals surface area contributed by atoms with Crippen molar-refractivity contribution in [2.75, 3.05) is 0 Å². The number of Topliss-reactive ketones (excluding diaryl/α,β-unsaturated/α-hetero) is 1. The summed E-state index contributed by atoms with van der Waals surface area (Å²) in [6.45, 7) is 0. The molecule has 196 valence electrons. The lowest BCUT2D eigenvalue weighted by atomic mass is 10.0. The molecule has 8 heteroatoms. The van der Waals surface area contributed by atoms with Crippen molar-refractivity contribution < 1.29 is 18.3 Å². The Balaban J connectivity index is 1.21. The summed E-state index contributed by atoms with van der Waals surface area (Å²) < 4.78 is 27.4. The molecule has 0 N–H and O–H groups in total. The summed E-state index contributed by atoms with van der Waals surface area (Å²) in [5, 5.41) is 0. The summed E-state index contributed by atoms with van der Waals surface area (Å²) in [6.07, 6.45) is 3.28. The van der Waals surface area contributed by atoms with Crippen molar-refractivity contribution in [3.63, 3.8) is 0 Å². The van der Waals surface area contributed by atoms with Crippen LogP contribution < -0.4 is 10.3 Å². The van der Waals surface area contributed by atoms with E-state index in [1.807, 2.05) is 59.0 Å². The minimum absolute atomic E-state index is 0.0388. The van der Waals surface area contributed by atoms with Crippen LogP contribution in [0.5, 0.6) is 11.5 Å². The first-order valence-electron chi connectivity index (χ1n) is 12.4. The van der Waals surface area contributed by atoms with Crippen LogP contribution in [-0.4, -0.2) is 15.3 Å². The highest BCUT2D eigenvalue weighted by Gasteiger charge is 2.18. The third-order valence-corrected chi connectivity index (χ3v) is 7.27. The van der Waals surface area contributed by atoms with E-state index in [2.05, 4.69) is 4.98 Å². The number of benzene rings is 3. The maximum Gasteiger partial charge on any atom is 0.267 e. The maximum atomic E-state index is 13.3. The topological polar surface area (TPSA) is 74.3 Å². The highest BCUT2D eigenvalue weighted by atomic mass is 127. The number of ether oxygens (including phenoxy) is 1. The van der Waals surface area contributed by atoms with Crippen LogP contribution in [-0.2, 0) is 6.42 Å². The summed E-state index contributed by atoms with van der Waals surface area (Å²) >= 11 is 1.99. The Morgan fingerprint density at radius 2 is 1.70 bits per heavy atom. The van der Waals surface area contributed by atoms with Crippen LogP contribution in [0.1, 0.15) is 15.9 Å². The van der Waals surface area contributed by atoms with Gasteiger partial charge in [-0.15, -0.1) is 0 Å². The highest BCUT2D eigenvalue weighted by Crippen LogP contribution is 2.34. The minimum Gasteiger partial charge on any atom is -0.453 e.